The highest BCUT2D eigenvalue weighted by Gasteiger charge is 2.23. The Hall–Kier alpha value is -1.55. The van der Waals surface area contributed by atoms with Crippen LogP contribution in [0.5, 0.6) is 0 Å². The van der Waals surface area contributed by atoms with E-state index >= 15 is 0 Å². The van der Waals surface area contributed by atoms with Crippen molar-refractivity contribution in [2.24, 2.45) is 5.92 Å². The molecule has 1 saturated heterocycles. The average Bonchev–Trinajstić information content (AvgIpc) is 2.39. The molecule has 0 bridgehead atoms. The van der Waals surface area contributed by atoms with E-state index in [2.05, 4.69) is 17.6 Å². The minimum atomic E-state index is -0.0466. The minimum Gasteiger partial charge on any atom is -0.382 e. The van der Waals surface area contributed by atoms with Gasteiger partial charge in [0.2, 0.25) is 5.91 Å². The molecule has 1 heterocycles. The summed E-state index contributed by atoms with van der Waals surface area (Å²) in [6, 6.07) is 8.31. The summed E-state index contributed by atoms with van der Waals surface area (Å²) in [5.74, 6) is 0.507. The zero-order valence-corrected chi connectivity index (χ0v) is 11.6. The molecule has 104 valence electrons. The molecular weight excluding hydrogens is 240 g/mol. The van der Waals surface area contributed by atoms with E-state index in [-0.39, 0.29) is 5.91 Å². The standard InChI is InChI=1S/C15H22N2O2/c1-3-12-10-19-8-7-15(12)17-14-6-4-5-13(9-14)16-11(2)18/h4-6,9,12,15,17H,3,7-8,10H2,1-2H3,(H,16,18). The van der Waals surface area contributed by atoms with Crippen LogP contribution >= 0.6 is 0 Å². The Morgan fingerprint density at radius 2 is 2.21 bits per heavy atom. The quantitative estimate of drug-likeness (QED) is 0.877. The number of benzene rings is 1. The number of nitrogens with one attached hydrogen (secondary N) is 2. The maximum Gasteiger partial charge on any atom is 0.221 e. The molecule has 0 radical (unpaired) electrons. The summed E-state index contributed by atoms with van der Waals surface area (Å²) >= 11 is 0. The van der Waals surface area contributed by atoms with Crippen molar-refractivity contribution in [3.05, 3.63) is 24.3 Å². The second-order valence-electron chi connectivity index (χ2n) is 5.04. The summed E-state index contributed by atoms with van der Waals surface area (Å²) < 4.78 is 5.52. The van der Waals surface area contributed by atoms with E-state index in [9.17, 15) is 4.79 Å². The lowest BCUT2D eigenvalue weighted by molar-refractivity contribution is -0.114. The van der Waals surface area contributed by atoms with Gasteiger partial charge in [-0.2, -0.15) is 0 Å². The van der Waals surface area contributed by atoms with Gasteiger partial charge in [-0.1, -0.05) is 13.0 Å². The third kappa shape index (κ3) is 3.96. The van der Waals surface area contributed by atoms with Gasteiger partial charge in [-0.3, -0.25) is 4.79 Å². The van der Waals surface area contributed by atoms with Crippen molar-refractivity contribution >= 4 is 17.3 Å². The molecular formula is C15H22N2O2. The maximum atomic E-state index is 11.1. The Labute approximate surface area is 114 Å². The van der Waals surface area contributed by atoms with Gasteiger partial charge in [0.1, 0.15) is 0 Å². The second-order valence-corrected chi connectivity index (χ2v) is 5.04. The molecule has 0 spiro atoms. The summed E-state index contributed by atoms with van der Waals surface area (Å²) in [6.45, 7) is 5.37. The van der Waals surface area contributed by atoms with Gasteiger partial charge in [0.25, 0.3) is 0 Å². The molecule has 2 unspecified atom stereocenters. The van der Waals surface area contributed by atoms with Crippen molar-refractivity contribution in [1.82, 2.24) is 0 Å². The zero-order chi connectivity index (χ0) is 13.7. The first kappa shape index (κ1) is 13.9. The van der Waals surface area contributed by atoms with E-state index in [1.807, 2.05) is 24.3 Å². The number of rotatable bonds is 4. The maximum absolute atomic E-state index is 11.1. The predicted octanol–water partition coefficient (Wildman–Crippen LogP) is 2.87. The third-order valence-electron chi connectivity index (χ3n) is 3.53. The molecule has 2 N–H and O–H groups in total. The van der Waals surface area contributed by atoms with Crippen molar-refractivity contribution in [2.45, 2.75) is 32.7 Å². The Morgan fingerprint density at radius 1 is 1.42 bits per heavy atom. The molecule has 1 amide bonds. The highest BCUT2D eigenvalue weighted by atomic mass is 16.5. The van der Waals surface area contributed by atoms with Crippen LogP contribution in [0.25, 0.3) is 0 Å². The van der Waals surface area contributed by atoms with Gasteiger partial charge in [0.15, 0.2) is 0 Å². The van der Waals surface area contributed by atoms with Gasteiger partial charge in [-0.15, -0.1) is 0 Å². The summed E-state index contributed by atoms with van der Waals surface area (Å²) in [5, 5.41) is 6.37. The van der Waals surface area contributed by atoms with Gasteiger partial charge >= 0.3 is 0 Å². The molecule has 1 aromatic carbocycles. The van der Waals surface area contributed by atoms with Gasteiger partial charge in [-0.05, 0) is 31.0 Å². The Balaban J connectivity index is 2.03. The highest BCUT2D eigenvalue weighted by Crippen LogP contribution is 2.23. The summed E-state index contributed by atoms with van der Waals surface area (Å²) in [7, 11) is 0. The van der Waals surface area contributed by atoms with Crippen LogP contribution in [-0.4, -0.2) is 25.2 Å². The molecule has 1 aliphatic rings. The van der Waals surface area contributed by atoms with Gasteiger partial charge in [-0.25, -0.2) is 0 Å². The number of carbonyl (C=O) groups excluding carboxylic acids is 1. The largest absolute Gasteiger partial charge is 0.382 e. The van der Waals surface area contributed by atoms with E-state index < -0.39 is 0 Å². The molecule has 0 aliphatic carbocycles. The first-order chi connectivity index (χ1) is 9.19. The number of carbonyl (C=O) groups is 1. The van der Waals surface area contributed by atoms with Crippen LogP contribution in [-0.2, 0) is 9.53 Å². The van der Waals surface area contributed by atoms with Crippen LogP contribution in [0.4, 0.5) is 11.4 Å². The van der Waals surface area contributed by atoms with Crippen molar-refractivity contribution in [2.75, 3.05) is 23.8 Å². The molecule has 1 fully saturated rings. The van der Waals surface area contributed by atoms with Crippen molar-refractivity contribution in [1.29, 1.82) is 0 Å². The van der Waals surface area contributed by atoms with Crippen LogP contribution in [0.1, 0.15) is 26.7 Å². The SMILES string of the molecule is CCC1COCCC1Nc1cccc(NC(C)=O)c1. The van der Waals surface area contributed by atoms with Crippen LogP contribution in [0.3, 0.4) is 0 Å². The fourth-order valence-electron chi connectivity index (χ4n) is 2.49. The fraction of sp³-hybridized carbons (Fsp3) is 0.533. The van der Waals surface area contributed by atoms with E-state index in [4.69, 9.17) is 4.74 Å². The second kappa shape index (κ2) is 6.57. The number of amides is 1. The van der Waals surface area contributed by atoms with Crippen LogP contribution in [0, 0.1) is 5.92 Å². The molecule has 0 aromatic heterocycles. The summed E-state index contributed by atoms with van der Waals surface area (Å²) in [5.41, 5.74) is 1.88. The van der Waals surface area contributed by atoms with E-state index in [1.165, 1.54) is 6.92 Å². The van der Waals surface area contributed by atoms with Gasteiger partial charge in [0.05, 0.1) is 6.61 Å². The molecule has 1 aliphatic heterocycles. The smallest absolute Gasteiger partial charge is 0.221 e. The predicted molar refractivity (Wildman–Crippen MR) is 77.4 cm³/mol. The van der Waals surface area contributed by atoms with Crippen molar-refractivity contribution in [3.63, 3.8) is 0 Å². The van der Waals surface area contributed by atoms with Crippen molar-refractivity contribution < 1.29 is 9.53 Å². The average molecular weight is 262 g/mol. The van der Waals surface area contributed by atoms with Crippen LogP contribution < -0.4 is 10.6 Å². The van der Waals surface area contributed by atoms with Gasteiger partial charge < -0.3 is 15.4 Å². The number of hydrogen-bond donors (Lipinski definition) is 2. The van der Waals surface area contributed by atoms with E-state index in [1.54, 1.807) is 0 Å². The monoisotopic (exact) mass is 262 g/mol. The lowest BCUT2D eigenvalue weighted by atomic mass is 9.93. The number of ether oxygens (including phenoxy) is 1. The molecule has 4 nitrogen and oxygen atoms in total. The van der Waals surface area contributed by atoms with E-state index in [0.29, 0.717) is 12.0 Å². The van der Waals surface area contributed by atoms with E-state index in [0.717, 1.165) is 37.4 Å². The summed E-state index contributed by atoms with van der Waals surface area (Å²) in [4.78, 5) is 11.1. The fourth-order valence-corrected chi connectivity index (χ4v) is 2.49. The lowest BCUT2D eigenvalue weighted by Crippen LogP contribution is -2.37. The molecule has 2 atom stereocenters. The molecule has 4 heteroatoms. The minimum absolute atomic E-state index is 0.0466. The normalized spacial score (nSPS) is 22.8. The van der Waals surface area contributed by atoms with Crippen molar-refractivity contribution in [3.8, 4) is 0 Å². The molecule has 1 aromatic rings. The first-order valence-corrected chi connectivity index (χ1v) is 6.91. The molecule has 0 saturated carbocycles. The van der Waals surface area contributed by atoms with Crippen LogP contribution in [0.2, 0.25) is 0 Å². The summed E-state index contributed by atoms with van der Waals surface area (Å²) in [6.07, 6.45) is 2.14. The first-order valence-electron chi connectivity index (χ1n) is 6.91. The zero-order valence-electron chi connectivity index (χ0n) is 11.6. The van der Waals surface area contributed by atoms with Gasteiger partial charge in [0, 0.05) is 36.9 Å². The Kier molecular flexibility index (Phi) is 4.80. The Morgan fingerprint density at radius 3 is 2.95 bits per heavy atom. The highest BCUT2D eigenvalue weighted by molar-refractivity contribution is 5.89. The molecule has 19 heavy (non-hydrogen) atoms. The van der Waals surface area contributed by atoms with Crippen LogP contribution in [0.15, 0.2) is 24.3 Å². The lowest BCUT2D eigenvalue weighted by Gasteiger charge is -2.32. The third-order valence-corrected chi connectivity index (χ3v) is 3.53. The topological polar surface area (TPSA) is 50.4 Å². The Bertz CT molecular complexity index is 434. The molecule has 2 rings (SSSR count). The number of anilines is 2. The number of hydrogen-bond acceptors (Lipinski definition) is 3.